The Morgan fingerprint density at radius 3 is 2.85 bits per heavy atom. The number of hydrogen-bond acceptors (Lipinski definition) is 4. The van der Waals surface area contributed by atoms with Crippen LogP contribution in [0.4, 0.5) is 0 Å². The molecule has 1 aliphatic carbocycles. The summed E-state index contributed by atoms with van der Waals surface area (Å²) in [7, 11) is 0. The average molecular weight is 379 g/mol. The third kappa shape index (κ3) is 4.09. The number of carbonyl (C=O) groups is 1. The maximum absolute atomic E-state index is 12.7. The topological polar surface area (TPSA) is 50.8 Å². The zero-order valence-electron chi connectivity index (χ0n) is 15.1. The van der Waals surface area contributed by atoms with E-state index in [0.29, 0.717) is 16.8 Å². The highest BCUT2D eigenvalue weighted by Gasteiger charge is 2.28. The number of amides is 1. The molecule has 5 nitrogen and oxygen atoms in total. The molecule has 1 N–H and O–H groups in total. The van der Waals surface area contributed by atoms with Crippen LogP contribution in [0.5, 0.6) is 11.5 Å². The standard InChI is InChI=1S/C20H27ClN2O3/c21-17-9-14(10-18-19(17)26-13-25-18)11-23-8-4-5-15(12-23)20(24)22-16-6-2-1-3-7-16/h9-10,15-16H,1-8,11-13H2,(H,22,24)/t15-/m1/s1. The molecule has 142 valence electrons. The van der Waals surface area contributed by atoms with Crippen LogP contribution in [0.25, 0.3) is 0 Å². The number of benzene rings is 1. The van der Waals surface area contributed by atoms with Crippen LogP contribution in [-0.2, 0) is 11.3 Å². The lowest BCUT2D eigenvalue weighted by Crippen LogP contribution is -2.46. The molecular weight excluding hydrogens is 352 g/mol. The number of fused-ring (bicyclic) bond motifs is 1. The minimum atomic E-state index is 0.0927. The number of ether oxygens (including phenoxy) is 2. The van der Waals surface area contributed by atoms with Crippen LogP contribution < -0.4 is 14.8 Å². The molecule has 1 amide bonds. The highest BCUT2D eigenvalue weighted by Crippen LogP contribution is 2.40. The molecule has 1 atom stereocenters. The van der Waals surface area contributed by atoms with Crippen LogP contribution in [-0.4, -0.2) is 36.7 Å². The zero-order chi connectivity index (χ0) is 17.9. The van der Waals surface area contributed by atoms with Crippen LogP contribution in [0.2, 0.25) is 5.02 Å². The van der Waals surface area contributed by atoms with Crippen molar-refractivity contribution in [2.75, 3.05) is 19.9 Å². The number of carbonyl (C=O) groups excluding carboxylic acids is 1. The SMILES string of the molecule is O=C(NC1CCCCC1)[C@@H]1CCCN(Cc2cc(Cl)c3c(c2)OCO3)C1. The smallest absolute Gasteiger partial charge is 0.231 e. The second-order valence-corrected chi connectivity index (χ2v) is 8.14. The number of nitrogens with zero attached hydrogens (tertiary/aromatic N) is 1. The van der Waals surface area contributed by atoms with Crippen molar-refractivity contribution in [1.82, 2.24) is 10.2 Å². The van der Waals surface area contributed by atoms with E-state index >= 15 is 0 Å². The first-order chi connectivity index (χ1) is 12.7. The first-order valence-electron chi connectivity index (χ1n) is 9.80. The number of rotatable bonds is 4. The van der Waals surface area contributed by atoms with Gasteiger partial charge in [0.05, 0.1) is 10.9 Å². The van der Waals surface area contributed by atoms with Crippen molar-refractivity contribution in [3.05, 3.63) is 22.7 Å². The maximum Gasteiger partial charge on any atom is 0.231 e. The predicted molar refractivity (Wildman–Crippen MR) is 101 cm³/mol. The summed E-state index contributed by atoms with van der Waals surface area (Å²) in [5.41, 5.74) is 1.10. The molecule has 0 unspecified atom stereocenters. The summed E-state index contributed by atoms with van der Waals surface area (Å²) < 4.78 is 10.8. The normalized spacial score (nSPS) is 23.8. The van der Waals surface area contributed by atoms with Gasteiger partial charge < -0.3 is 14.8 Å². The van der Waals surface area contributed by atoms with Crippen LogP contribution in [0.3, 0.4) is 0 Å². The van der Waals surface area contributed by atoms with E-state index in [0.717, 1.165) is 56.6 Å². The maximum atomic E-state index is 12.7. The van der Waals surface area contributed by atoms with E-state index in [1.54, 1.807) is 0 Å². The summed E-state index contributed by atoms with van der Waals surface area (Å²) in [4.78, 5) is 15.0. The number of halogens is 1. The number of nitrogens with one attached hydrogen (secondary N) is 1. The summed E-state index contributed by atoms with van der Waals surface area (Å²) in [6.07, 6.45) is 8.11. The highest BCUT2D eigenvalue weighted by molar-refractivity contribution is 6.32. The van der Waals surface area contributed by atoms with Crippen molar-refractivity contribution >= 4 is 17.5 Å². The minimum Gasteiger partial charge on any atom is -0.454 e. The van der Waals surface area contributed by atoms with Gasteiger partial charge >= 0.3 is 0 Å². The molecule has 0 aromatic heterocycles. The Hall–Kier alpha value is -1.46. The van der Waals surface area contributed by atoms with E-state index in [9.17, 15) is 4.79 Å². The molecule has 26 heavy (non-hydrogen) atoms. The molecule has 0 radical (unpaired) electrons. The van der Waals surface area contributed by atoms with Gasteiger partial charge in [0.25, 0.3) is 0 Å². The molecule has 1 saturated carbocycles. The predicted octanol–water partition coefficient (Wildman–Crippen LogP) is 3.73. The molecule has 2 heterocycles. The summed E-state index contributed by atoms with van der Waals surface area (Å²) in [5, 5.41) is 3.89. The van der Waals surface area contributed by atoms with E-state index in [-0.39, 0.29) is 18.6 Å². The van der Waals surface area contributed by atoms with Gasteiger partial charge in [-0.3, -0.25) is 9.69 Å². The van der Waals surface area contributed by atoms with Crippen molar-refractivity contribution in [3.8, 4) is 11.5 Å². The summed E-state index contributed by atoms with van der Waals surface area (Å²) in [6.45, 7) is 2.83. The van der Waals surface area contributed by atoms with Gasteiger partial charge in [0.2, 0.25) is 12.7 Å². The molecule has 4 rings (SSSR count). The lowest BCUT2D eigenvalue weighted by molar-refractivity contribution is -0.127. The third-order valence-corrected chi connectivity index (χ3v) is 6.00. The summed E-state index contributed by atoms with van der Waals surface area (Å²) in [6, 6.07) is 4.33. The van der Waals surface area contributed by atoms with E-state index in [4.69, 9.17) is 21.1 Å². The van der Waals surface area contributed by atoms with Gasteiger partial charge in [0.1, 0.15) is 0 Å². The second-order valence-electron chi connectivity index (χ2n) is 7.73. The van der Waals surface area contributed by atoms with Crippen LogP contribution in [0.1, 0.15) is 50.5 Å². The number of hydrogen-bond donors (Lipinski definition) is 1. The molecule has 1 aromatic carbocycles. The molecule has 0 spiro atoms. The monoisotopic (exact) mass is 378 g/mol. The number of likely N-dealkylation sites (tertiary alicyclic amines) is 1. The minimum absolute atomic E-state index is 0.0927. The first-order valence-corrected chi connectivity index (χ1v) is 10.2. The van der Waals surface area contributed by atoms with E-state index in [2.05, 4.69) is 10.2 Å². The van der Waals surface area contributed by atoms with Crippen molar-refractivity contribution in [3.63, 3.8) is 0 Å². The molecule has 6 heteroatoms. The summed E-state index contributed by atoms with van der Waals surface area (Å²) in [5.74, 6) is 1.69. The Morgan fingerprint density at radius 1 is 1.15 bits per heavy atom. The lowest BCUT2D eigenvalue weighted by Gasteiger charge is -2.33. The molecule has 1 aromatic rings. The zero-order valence-corrected chi connectivity index (χ0v) is 15.9. The van der Waals surface area contributed by atoms with E-state index < -0.39 is 0 Å². The van der Waals surface area contributed by atoms with Gasteiger partial charge in [-0.25, -0.2) is 0 Å². The fourth-order valence-electron chi connectivity index (χ4n) is 4.35. The van der Waals surface area contributed by atoms with Crippen LogP contribution in [0, 0.1) is 5.92 Å². The van der Waals surface area contributed by atoms with Gasteiger partial charge in [-0.15, -0.1) is 0 Å². The van der Waals surface area contributed by atoms with Gasteiger partial charge in [0, 0.05) is 19.1 Å². The molecule has 0 bridgehead atoms. The Kier molecular flexibility index (Phi) is 5.55. The van der Waals surface area contributed by atoms with Gasteiger partial charge in [-0.2, -0.15) is 0 Å². The molecular formula is C20H27ClN2O3. The van der Waals surface area contributed by atoms with Gasteiger partial charge in [-0.1, -0.05) is 30.9 Å². The fourth-order valence-corrected chi connectivity index (χ4v) is 4.64. The molecule has 2 fully saturated rings. The van der Waals surface area contributed by atoms with Crippen molar-refractivity contribution in [2.45, 2.75) is 57.5 Å². The Morgan fingerprint density at radius 2 is 2.00 bits per heavy atom. The second kappa shape index (κ2) is 8.05. The number of piperidine rings is 1. The van der Waals surface area contributed by atoms with Crippen molar-refractivity contribution in [2.24, 2.45) is 5.92 Å². The Labute approximate surface area is 160 Å². The van der Waals surface area contributed by atoms with Crippen LogP contribution in [0.15, 0.2) is 12.1 Å². The van der Waals surface area contributed by atoms with E-state index in [1.165, 1.54) is 19.3 Å². The highest BCUT2D eigenvalue weighted by atomic mass is 35.5. The fraction of sp³-hybridized carbons (Fsp3) is 0.650. The third-order valence-electron chi connectivity index (χ3n) is 5.72. The van der Waals surface area contributed by atoms with Crippen molar-refractivity contribution < 1.29 is 14.3 Å². The molecule has 3 aliphatic rings. The lowest BCUT2D eigenvalue weighted by atomic mass is 9.93. The Balaban J connectivity index is 1.35. The molecule has 2 aliphatic heterocycles. The Bertz CT molecular complexity index is 661. The van der Waals surface area contributed by atoms with Gasteiger partial charge in [0.15, 0.2) is 11.5 Å². The summed E-state index contributed by atoms with van der Waals surface area (Å²) >= 11 is 6.29. The van der Waals surface area contributed by atoms with Gasteiger partial charge in [-0.05, 0) is 49.9 Å². The first kappa shape index (κ1) is 17.9. The van der Waals surface area contributed by atoms with Crippen molar-refractivity contribution in [1.29, 1.82) is 0 Å². The largest absolute Gasteiger partial charge is 0.454 e. The average Bonchev–Trinajstić information content (AvgIpc) is 3.12. The van der Waals surface area contributed by atoms with Crippen LogP contribution >= 0.6 is 11.6 Å². The molecule has 1 saturated heterocycles. The van der Waals surface area contributed by atoms with E-state index in [1.807, 2.05) is 12.1 Å². The quantitative estimate of drug-likeness (QED) is 0.867.